The van der Waals surface area contributed by atoms with Crippen LogP contribution < -0.4 is 5.32 Å². The third kappa shape index (κ3) is 3.11. The Morgan fingerprint density at radius 3 is 2.79 bits per heavy atom. The van der Waals surface area contributed by atoms with E-state index < -0.39 is 0 Å². The molecule has 2 aromatic rings. The van der Waals surface area contributed by atoms with Gasteiger partial charge in [-0.25, -0.2) is 4.39 Å². The maximum atomic E-state index is 13.5. The van der Waals surface area contributed by atoms with Gasteiger partial charge in [-0.1, -0.05) is 18.5 Å². The molecule has 0 aliphatic carbocycles. The van der Waals surface area contributed by atoms with Crippen LogP contribution in [0.25, 0.3) is 0 Å². The molecule has 0 fully saturated rings. The lowest BCUT2D eigenvalue weighted by molar-refractivity contribution is 0.601. The van der Waals surface area contributed by atoms with Gasteiger partial charge < -0.3 is 5.32 Å². The molecule has 100 valence electrons. The van der Waals surface area contributed by atoms with Gasteiger partial charge >= 0.3 is 0 Å². The third-order valence-electron chi connectivity index (χ3n) is 3.07. The topological polar surface area (TPSA) is 24.9 Å². The number of benzene rings is 1. The molecule has 2 rings (SSSR count). The van der Waals surface area contributed by atoms with E-state index in [0.717, 1.165) is 23.2 Å². The van der Waals surface area contributed by atoms with Crippen LogP contribution >= 0.6 is 11.6 Å². The zero-order valence-corrected chi connectivity index (χ0v) is 11.7. The second kappa shape index (κ2) is 6.13. The van der Waals surface area contributed by atoms with Crippen LogP contribution in [0.1, 0.15) is 29.7 Å². The normalized spacial score (nSPS) is 12.4. The van der Waals surface area contributed by atoms with Gasteiger partial charge in [-0.15, -0.1) is 0 Å². The SMILES string of the molecule is CCNC(c1cnccc1C)c1cc(F)ccc1Cl. The Hall–Kier alpha value is -1.45. The number of halogens is 2. The number of aromatic nitrogens is 1. The average Bonchev–Trinajstić information content (AvgIpc) is 2.40. The molecular formula is C15H16ClFN2. The molecule has 1 aromatic carbocycles. The van der Waals surface area contributed by atoms with Crippen molar-refractivity contribution in [2.75, 3.05) is 6.54 Å². The van der Waals surface area contributed by atoms with Crippen molar-refractivity contribution >= 4 is 11.6 Å². The Morgan fingerprint density at radius 2 is 2.11 bits per heavy atom. The fraction of sp³-hybridized carbons (Fsp3) is 0.267. The summed E-state index contributed by atoms with van der Waals surface area (Å²) in [6, 6.07) is 6.21. The molecule has 4 heteroatoms. The van der Waals surface area contributed by atoms with Gasteiger partial charge in [-0.2, -0.15) is 0 Å². The minimum atomic E-state index is -0.288. The molecule has 1 heterocycles. The molecule has 0 spiro atoms. The molecule has 1 N–H and O–H groups in total. The summed E-state index contributed by atoms with van der Waals surface area (Å²) in [5.74, 6) is -0.288. The second-order valence-corrected chi connectivity index (χ2v) is 4.80. The van der Waals surface area contributed by atoms with Gasteiger partial charge in [0.1, 0.15) is 5.82 Å². The minimum absolute atomic E-state index is 0.151. The Morgan fingerprint density at radius 1 is 1.32 bits per heavy atom. The molecule has 0 saturated carbocycles. The predicted molar refractivity (Wildman–Crippen MR) is 75.9 cm³/mol. The number of hydrogen-bond donors (Lipinski definition) is 1. The van der Waals surface area contributed by atoms with Crippen molar-refractivity contribution in [3.05, 3.63) is 64.2 Å². The summed E-state index contributed by atoms with van der Waals surface area (Å²) >= 11 is 6.20. The standard InChI is InChI=1S/C15H16ClFN2/c1-3-19-15(13-9-18-7-6-10(13)2)12-8-11(17)4-5-14(12)16/h4-9,15,19H,3H2,1-2H3. The van der Waals surface area contributed by atoms with Crippen molar-refractivity contribution in [1.82, 2.24) is 10.3 Å². The monoisotopic (exact) mass is 278 g/mol. The van der Waals surface area contributed by atoms with E-state index in [1.165, 1.54) is 12.1 Å². The number of aryl methyl sites for hydroxylation is 1. The molecule has 2 nitrogen and oxygen atoms in total. The van der Waals surface area contributed by atoms with E-state index in [9.17, 15) is 4.39 Å². The second-order valence-electron chi connectivity index (χ2n) is 4.39. The van der Waals surface area contributed by atoms with E-state index in [2.05, 4.69) is 10.3 Å². The summed E-state index contributed by atoms with van der Waals surface area (Å²) in [5.41, 5.74) is 2.85. The van der Waals surface area contributed by atoms with Gasteiger partial charge in [0, 0.05) is 17.4 Å². The number of rotatable bonds is 4. The molecule has 0 saturated heterocycles. The molecule has 0 aliphatic heterocycles. The van der Waals surface area contributed by atoms with Crippen LogP contribution in [0.4, 0.5) is 4.39 Å². The van der Waals surface area contributed by atoms with Crippen LogP contribution in [0.3, 0.4) is 0 Å². The molecule has 19 heavy (non-hydrogen) atoms. The van der Waals surface area contributed by atoms with Crippen LogP contribution in [0.15, 0.2) is 36.7 Å². The van der Waals surface area contributed by atoms with Crippen LogP contribution in [0.2, 0.25) is 5.02 Å². The number of nitrogens with one attached hydrogen (secondary N) is 1. The van der Waals surface area contributed by atoms with Gasteiger partial charge in [0.2, 0.25) is 0 Å². The summed E-state index contributed by atoms with van der Waals surface area (Å²) in [6.45, 7) is 4.77. The van der Waals surface area contributed by atoms with E-state index in [1.807, 2.05) is 19.9 Å². The Labute approximate surface area is 117 Å². The van der Waals surface area contributed by atoms with E-state index in [4.69, 9.17) is 11.6 Å². The molecule has 1 atom stereocenters. The fourth-order valence-electron chi connectivity index (χ4n) is 2.11. The van der Waals surface area contributed by atoms with Crippen molar-refractivity contribution in [2.24, 2.45) is 0 Å². The predicted octanol–water partition coefficient (Wildman–Crippen LogP) is 3.88. The lowest BCUT2D eigenvalue weighted by Gasteiger charge is -2.21. The zero-order valence-electron chi connectivity index (χ0n) is 11.0. The van der Waals surface area contributed by atoms with E-state index in [0.29, 0.717) is 5.02 Å². The summed E-state index contributed by atoms with van der Waals surface area (Å²) in [4.78, 5) is 4.15. The smallest absolute Gasteiger partial charge is 0.123 e. The van der Waals surface area contributed by atoms with Crippen LogP contribution in [-0.4, -0.2) is 11.5 Å². The van der Waals surface area contributed by atoms with Gasteiger partial charge in [0.15, 0.2) is 0 Å². The molecule has 1 unspecified atom stereocenters. The summed E-state index contributed by atoms with van der Waals surface area (Å²) < 4.78 is 13.5. The molecule has 1 aromatic heterocycles. The van der Waals surface area contributed by atoms with E-state index in [1.54, 1.807) is 18.5 Å². The van der Waals surface area contributed by atoms with Gasteiger partial charge in [-0.3, -0.25) is 4.98 Å². The third-order valence-corrected chi connectivity index (χ3v) is 3.41. The molecule has 0 aliphatic rings. The van der Waals surface area contributed by atoms with Gasteiger partial charge in [0.25, 0.3) is 0 Å². The molecule has 0 bridgehead atoms. The van der Waals surface area contributed by atoms with Crippen LogP contribution in [0, 0.1) is 12.7 Å². The van der Waals surface area contributed by atoms with Gasteiger partial charge in [0.05, 0.1) is 6.04 Å². The quantitative estimate of drug-likeness (QED) is 0.918. The minimum Gasteiger partial charge on any atom is -0.306 e. The Kier molecular flexibility index (Phi) is 4.51. The Bertz CT molecular complexity index is 572. The molecular weight excluding hydrogens is 263 g/mol. The van der Waals surface area contributed by atoms with E-state index >= 15 is 0 Å². The highest BCUT2D eigenvalue weighted by Gasteiger charge is 2.18. The van der Waals surface area contributed by atoms with Crippen molar-refractivity contribution < 1.29 is 4.39 Å². The van der Waals surface area contributed by atoms with Crippen molar-refractivity contribution in [1.29, 1.82) is 0 Å². The lowest BCUT2D eigenvalue weighted by atomic mass is 9.96. The highest BCUT2D eigenvalue weighted by atomic mass is 35.5. The highest BCUT2D eigenvalue weighted by Crippen LogP contribution is 2.30. The van der Waals surface area contributed by atoms with Crippen molar-refractivity contribution in [3.8, 4) is 0 Å². The highest BCUT2D eigenvalue weighted by molar-refractivity contribution is 6.31. The summed E-state index contributed by atoms with van der Waals surface area (Å²) in [7, 11) is 0. The number of pyridine rings is 1. The summed E-state index contributed by atoms with van der Waals surface area (Å²) in [6.07, 6.45) is 3.54. The largest absolute Gasteiger partial charge is 0.306 e. The van der Waals surface area contributed by atoms with Gasteiger partial charge in [-0.05, 0) is 54.4 Å². The van der Waals surface area contributed by atoms with Crippen LogP contribution in [-0.2, 0) is 0 Å². The number of hydrogen-bond acceptors (Lipinski definition) is 2. The maximum Gasteiger partial charge on any atom is 0.123 e. The maximum absolute atomic E-state index is 13.5. The zero-order chi connectivity index (χ0) is 13.8. The first-order valence-corrected chi connectivity index (χ1v) is 6.60. The van der Waals surface area contributed by atoms with Crippen LogP contribution in [0.5, 0.6) is 0 Å². The first-order chi connectivity index (χ1) is 9.13. The lowest BCUT2D eigenvalue weighted by Crippen LogP contribution is -2.23. The van der Waals surface area contributed by atoms with Crippen molar-refractivity contribution in [2.45, 2.75) is 19.9 Å². The first-order valence-electron chi connectivity index (χ1n) is 6.22. The first kappa shape index (κ1) is 14.0. The Balaban J connectivity index is 2.51. The fourth-order valence-corrected chi connectivity index (χ4v) is 2.33. The number of nitrogens with zero attached hydrogens (tertiary/aromatic N) is 1. The summed E-state index contributed by atoms with van der Waals surface area (Å²) in [5, 5.41) is 3.88. The van der Waals surface area contributed by atoms with Crippen molar-refractivity contribution in [3.63, 3.8) is 0 Å². The van der Waals surface area contributed by atoms with E-state index in [-0.39, 0.29) is 11.9 Å². The molecule has 0 amide bonds. The average molecular weight is 279 g/mol. The molecule has 0 radical (unpaired) electrons.